The lowest BCUT2D eigenvalue weighted by Gasteiger charge is -2.00. The van der Waals surface area contributed by atoms with Crippen LogP contribution in [0, 0.1) is 0 Å². The van der Waals surface area contributed by atoms with Crippen LogP contribution >= 0.6 is 0 Å². The van der Waals surface area contributed by atoms with Crippen LogP contribution in [0.4, 0.5) is 11.6 Å². The van der Waals surface area contributed by atoms with Crippen LogP contribution in [-0.4, -0.2) is 12.6 Å². The molecule has 4 N–H and O–H groups in total. The van der Waals surface area contributed by atoms with E-state index in [-0.39, 0.29) is 11.9 Å². The minimum absolute atomic E-state index is 0.163. The van der Waals surface area contributed by atoms with Crippen LogP contribution in [-0.2, 0) is 4.74 Å². The van der Waals surface area contributed by atoms with Crippen molar-refractivity contribution in [3.8, 4) is 0 Å². The Morgan fingerprint density at radius 2 is 2.19 bits per heavy atom. The fourth-order valence-electron chi connectivity index (χ4n) is 1.48. The highest BCUT2D eigenvalue weighted by Crippen LogP contribution is 2.30. The fraction of sp³-hybridized carbons (Fsp3) is 0.182. The van der Waals surface area contributed by atoms with E-state index in [0.717, 1.165) is 0 Å². The Labute approximate surface area is 92.0 Å². The molecule has 84 valence electrons. The van der Waals surface area contributed by atoms with Crippen molar-refractivity contribution < 1.29 is 13.9 Å². The van der Waals surface area contributed by atoms with Gasteiger partial charge in [0, 0.05) is 5.39 Å². The minimum Gasteiger partial charge on any atom is -0.462 e. The first-order valence-electron chi connectivity index (χ1n) is 4.88. The third kappa shape index (κ3) is 1.56. The van der Waals surface area contributed by atoms with Gasteiger partial charge in [0.1, 0.15) is 11.3 Å². The van der Waals surface area contributed by atoms with E-state index < -0.39 is 0 Å². The third-order valence-electron chi connectivity index (χ3n) is 2.27. The molecule has 0 spiro atoms. The Balaban J connectivity index is 2.50. The van der Waals surface area contributed by atoms with Crippen molar-refractivity contribution in [2.24, 2.45) is 0 Å². The maximum atomic E-state index is 11.5. The predicted molar refractivity (Wildman–Crippen MR) is 61.0 cm³/mol. The standard InChI is InChI=1S/C11H12N2O3/c1-2-15-11(14)6-3-4-8-7(5-6)9(12)10(13)16-8/h3-5H,2,12-13H2,1H3. The summed E-state index contributed by atoms with van der Waals surface area (Å²) in [5.41, 5.74) is 12.6. The van der Waals surface area contributed by atoms with Gasteiger partial charge >= 0.3 is 5.97 Å². The number of hydrogen-bond acceptors (Lipinski definition) is 5. The van der Waals surface area contributed by atoms with E-state index in [1.165, 1.54) is 0 Å². The molecule has 1 aromatic heterocycles. The van der Waals surface area contributed by atoms with Crippen LogP contribution in [0.5, 0.6) is 0 Å². The molecular weight excluding hydrogens is 208 g/mol. The maximum absolute atomic E-state index is 11.5. The van der Waals surface area contributed by atoms with Crippen LogP contribution in [0.2, 0.25) is 0 Å². The van der Waals surface area contributed by atoms with E-state index in [1.807, 2.05) is 0 Å². The lowest BCUT2D eigenvalue weighted by molar-refractivity contribution is 0.0526. The number of furan rings is 1. The first-order chi connectivity index (χ1) is 7.63. The Morgan fingerprint density at radius 1 is 1.44 bits per heavy atom. The van der Waals surface area contributed by atoms with Gasteiger partial charge in [0.15, 0.2) is 0 Å². The van der Waals surface area contributed by atoms with Gasteiger partial charge in [-0.1, -0.05) is 0 Å². The van der Waals surface area contributed by atoms with Crippen molar-refractivity contribution in [1.29, 1.82) is 0 Å². The molecule has 0 radical (unpaired) electrons. The number of esters is 1. The van der Waals surface area contributed by atoms with Gasteiger partial charge in [0.05, 0.1) is 12.2 Å². The van der Waals surface area contributed by atoms with Gasteiger partial charge in [-0.25, -0.2) is 4.79 Å². The zero-order chi connectivity index (χ0) is 11.7. The van der Waals surface area contributed by atoms with Crippen LogP contribution in [0.1, 0.15) is 17.3 Å². The molecule has 2 aromatic rings. The second kappa shape index (κ2) is 3.77. The molecule has 0 bridgehead atoms. The molecule has 0 saturated heterocycles. The molecule has 0 aliphatic heterocycles. The normalized spacial score (nSPS) is 10.6. The highest BCUT2D eigenvalue weighted by molar-refractivity contribution is 6.00. The van der Waals surface area contributed by atoms with Crippen molar-refractivity contribution in [3.63, 3.8) is 0 Å². The molecule has 5 heteroatoms. The van der Waals surface area contributed by atoms with Gasteiger partial charge in [-0.3, -0.25) is 0 Å². The second-order valence-corrected chi connectivity index (χ2v) is 3.31. The van der Waals surface area contributed by atoms with Gasteiger partial charge in [0.2, 0.25) is 5.88 Å². The smallest absolute Gasteiger partial charge is 0.338 e. The average molecular weight is 220 g/mol. The molecule has 0 fully saturated rings. The van der Waals surface area contributed by atoms with Gasteiger partial charge < -0.3 is 20.6 Å². The summed E-state index contributed by atoms with van der Waals surface area (Å²) in [5, 5.41) is 0.628. The van der Waals surface area contributed by atoms with Gasteiger partial charge in [-0.2, -0.15) is 0 Å². The third-order valence-corrected chi connectivity index (χ3v) is 2.27. The lowest BCUT2D eigenvalue weighted by atomic mass is 10.1. The number of hydrogen-bond donors (Lipinski definition) is 2. The Morgan fingerprint density at radius 3 is 2.88 bits per heavy atom. The number of benzene rings is 1. The SMILES string of the molecule is CCOC(=O)c1ccc2oc(N)c(N)c2c1. The molecule has 0 amide bonds. The summed E-state index contributed by atoms with van der Waals surface area (Å²) in [7, 11) is 0. The molecule has 5 nitrogen and oxygen atoms in total. The molecule has 0 aliphatic rings. The number of carbonyl (C=O) groups excluding carboxylic acids is 1. The summed E-state index contributed by atoms with van der Waals surface area (Å²) in [6.07, 6.45) is 0. The zero-order valence-electron chi connectivity index (χ0n) is 8.82. The predicted octanol–water partition coefficient (Wildman–Crippen LogP) is 1.77. The number of anilines is 2. The molecule has 0 atom stereocenters. The molecule has 2 rings (SSSR count). The van der Waals surface area contributed by atoms with Crippen molar-refractivity contribution in [1.82, 2.24) is 0 Å². The summed E-state index contributed by atoms with van der Waals surface area (Å²) >= 11 is 0. The quantitative estimate of drug-likeness (QED) is 0.752. The number of ether oxygens (including phenoxy) is 1. The van der Waals surface area contributed by atoms with E-state index >= 15 is 0 Å². The van der Waals surface area contributed by atoms with Gasteiger partial charge in [-0.15, -0.1) is 0 Å². The molecule has 0 unspecified atom stereocenters. The van der Waals surface area contributed by atoms with E-state index in [9.17, 15) is 4.79 Å². The topological polar surface area (TPSA) is 91.5 Å². The zero-order valence-corrected chi connectivity index (χ0v) is 8.82. The number of rotatable bonds is 2. The summed E-state index contributed by atoms with van der Waals surface area (Å²) < 4.78 is 10.1. The van der Waals surface area contributed by atoms with Gasteiger partial charge in [-0.05, 0) is 25.1 Å². The largest absolute Gasteiger partial charge is 0.462 e. The van der Waals surface area contributed by atoms with E-state index in [0.29, 0.717) is 28.8 Å². The monoisotopic (exact) mass is 220 g/mol. The van der Waals surface area contributed by atoms with E-state index in [2.05, 4.69) is 0 Å². The first kappa shape index (κ1) is 10.4. The Kier molecular flexibility index (Phi) is 2.44. The Hall–Kier alpha value is -2.17. The molecule has 0 aliphatic carbocycles. The summed E-state index contributed by atoms with van der Waals surface area (Å²) in [6, 6.07) is 4.87. The van der Waals surface area contributed by atoms with Crippen LogP contribution in [0.15, 0.2) is 22.6 Å². The molecular formula is C11H12N2O3. The van der Waals surface area contributed by atoms with Crippen LogP contribution in [0.25, 0.3) is 11.0 Å². The molecule has 1 heterocycles. The second-order valence-electron chi connectivity index (χ2n) is 3.31. The number of nitrogens with two attached hydrogens (primary N) is 2. The highest BCUT2D eigenvalue weighted by Gasteiger charge is 2.12. The van der Waals surface area contributed by atoms with Crippen molar-refractivity contribution in [2.75, 3.05) is 18.1 Å². The van der Waals surface area contributed by atoms with Crippen LogP contribution < -0.4 is 11.5 Å². The van der Waals surface area contributed by atoms with Crippen molar-refractivity contribution in [3.05, 3.63) is 23.8 Å². The average Bonchev–Trinajstić information content (AvgIpc) is 2.55. The minimum atomic E-state index is -0.386. The molecule has 1 aromatic carbocycles. The lowest BCUT2D eigenvalue weighted by Crippen LogP contribution is -2.04. The summed E-state index contributed by atoms with van der Waals surface area (Å²) in [4.78, 5) is 11.5. The number of fused-ring (bicyclic) bond motifs is 1. The summed E-state index contributed by atoms with van der Waals surface area (Å²) in [6.45, 7) is 2.08. The fourth-order valence-corrected chi connectivity index (χ4v) is 1.48. The molecule has 16 heavy (non-hydrogen) atoms. The van der Waals surface area contributed by atoms with Crippen molar-refractivity contribution >= 4 is 28.5 Å². The van der Waals surface area contributed by atoms with E-state index in [4.69, 9.17) is 20.6 Å². The maximum Gasteiger partial charge on any atom is 0.338 e. The summed E-state index contributed by atoms with van der Waals surface area (Å²) in [5.74, 6) is -0.223. The van der Waals surface area contributed by atoms with Crippen LogP contribution in [0.3, 0.4) is 0 Å². The number of carbonyl (C=O) groups is 1. The Bertz CT molecular complexity index is 545. The number of nitrogen functional groups attached to an aromatic ring is 2. The highest BCUT2D eigenvalue weighted by atomic mass is 16.5. The van der Waals surface area contributed by atoms with Crippen molar-refractivity contribution in [2.45, 2.75) is 6.92 Å². The molecule has 0 saturated carbocycles. The first-order valence-corrected chi connectivity index (χ1v) is 4.88. The van der Waals surface area contributed by atoms with E-state index in [1.54, 1.807) is 25.1 Å². The van der Waals surface area contributed by atoms with Gasteiger partial charge in [0.25, 0.3) is 0 Å².